The van der Waals surface area contributed by atoms with Gasteiger partial charge in [0.2, 0.25) is 5.28 Å². The lowest BCUT2D eigenvalue weighted by molar-refractivity contribution is 0.155. The first-order valence-corrected chi connectivity index (χ1v) is 6.84. The van der Waals surface area contributed by atoms with Crippen LogP contribution in [0.2, 0.25) is 5.28 Å². The summed E-state index contributed by atoms with van der Waals surface area (Å²) in [4.78, 5) is 19.9. The number of fused-ring (bicyclic) bond motifs is 1. The van der Waals surface area contributed by atoms with E-state index in [1.165, 1.54) is 0 Å². The number of nitrogens with one attached hydrogen (secondary N) is 1. The fourth-order valence-electron chi connectivity index (χ4n) is 1.95. The van der Waals surface area contributed by atoms with Crippen molar-refractivity contribution in [2.75, 3.05) is 5.32 Å². The van der Waals surface area contributed by atoms with E-state index in [-0.39, 0.29) is 17.7 Å². The summed E-state index contributed by atoms with van der Waals surface area (Å²) in [6.07, 6.45) is 0.933. The molecule has 112 valence electrons. The average Bonchev–Trinajstić information content (AvgIpc) is 2.88. The first kappa shape index (κ1) is 14.3. The minimum absolute atomic E-state index is 0.0226. The van der Waals surface area contributed by atoms with Crippen LogP contribution in [0, 0.1) is 0 Å². The van der Waals surface area contributed by atoms with E-state index in [1.54, 1.807) is 17.9 Å². The molecule has 1 N–H and O–H groups in total. The van der Waals surface area contributed by atoms with Crippen molar-refractivity contribution in [3.63, 3.8) is 0 Å². The molecule has 0 atom stereocenters. The van der Waals surface area contributed by atoms with Crippen LogP contribution in [0.4, 0.5) is 10.6 Å². The molecule has 0 unspecified atom stereocenters. The highest BCUT2D eigenvalue weighted by Crippen LogP contribution is 2.21. The number of carbonyl (C=O) groups excluding carboxylic acids is 1. The normalized spacial score (nSPS) is 10.6. The van der Waals surface area contributed by atoms with E-state index >= 15 is 0 Å². The Kier molecular flexibility index (Phi) is 3.88. The minimum atomic E-state index is -0.622. The van der Waals surface area contributed by atoms with Crippen LogP contribution in [0.25, 0.3) is 11.0 Å². The van der Waals surface area contributed by atoms with Crippen LogP contribution < -0.4 is 5.32 Å². The number of rotatable bonds is 3. The number of ether oxygens (including phenoxy) is 1. The summed E-state index contributed by atoms with van der Waals surface area (Å²) < 4.78 is 6.69. The molecular formula is C14H12ClN5O2. The van der Waals surface area contributed by atoms with Gasteiger partial charge in [-0.25, -0.2) is 4.79 Å². The SMILES string of the molecule is Cn1ncc2c(NC(=O)OCc3ccccc3)nc(Cl)nc21. The molecule has 0 aliphatic heterocycles. The van der Waals surface area contributed by atoms with Gasteiger partial charge < -0.3 is 4.74 Å². The maximum Gasteiger partial charge on any atom is 0.413 e. The van der Waals surface area contributed by atoms with Crippen LogP contribution in [0.3, 0.4) is 0 Å². The molecule has 0 spiro atoms. The van der Waals surface area contributed by atoms with E-state index in [9.17, 15) is 4.79 Å². The molecule has 0 bridgehead atoms. The van der Waals surface area contributed by atoms with Crippen LogP contribution in [0.5, 0.6) is 0 Å². The van der Waals surface area contributed by atoms with Gasteiger partial charge in [-0.05, 0) is 17.2 Å². The zero-order valence-electron chi connectivity index (χ0n) is 11.7. The summed E-state index contributed by atoms with van der Waals surface area (Å²) in [5.41, 5.74) is 1.42. The van der Waals surface area contributed by atoms with Crippen LogP contribution in [-0.2, 0) is 18.4 Å². The van der Waals surface area contributed by atoms with Gasteiger partial charge in [-0.1, -0.05) is 30.3 Å². The molecule has 22 heavy (non-hydrogen) atoms. The summed E-state index contributed by atoms with van der Waals surface area (Å²) in [5.74, 6) is 0.265. The summed E-state index contributed by atoms with van der Waals surface area (Å²) in [5, 5.41) is 7.23. The Bertz CT molecular complexity index is 819. The van der Waals surface area contributed by atoms with Gasteiger partial charge in [0.1, 0.15) is 6.61 Å². The summed E-state index contributed by atoms with van der Waals surface area (Å²) in [6.45, 7) is 0.168. The van der Waals surface area contributed by atoms with E-state index in [2.05, 4.69) is 20.4 Å². The second kappa shape index (κ2) is 5.98. The Morgan fingerprint density at radius 1 is 1.32 bits per heavy atom. The summed E-state index contributed by atoms with van der Waals surface area (Å²) >= 11 is 5.85. The van der Waals surface area contributed by atoms with E-state index in [0.717, 1.165) is 5.56 Å². The second-order valence-corrected chi connectivity index (χ2v) is 4.87. The number of hydrogen-bond donors (Lipinski definition) is 1. The molecular weight excluding hydrogens is 306 g/mol. The molecule has 0 saturated heterocycles. The average molecular weight is 318 g/mol. The van der Waals surface area contributed by atoms with Crippen LogP contribution >= 0.6 is 11.6 Å². The van der Waals surface area contributed by atoms with Crippen molar-refractivity contribution in [3.8, 4) is 0 Å². The lowest BCUT2D eigenvalue weighted by atomic mass is 10.2. The highest BCUT2D eigenvalue weighted by Gasteiger charge is 2.13. The molecule has 1 aromatic carbocycles. The highest BCUT2D eigenvalue weighted by molar-refractivity contribution is 6.28. The predicted octanol–water partition coefficient (Wildman–Crippen LogP) is 2.77. The molecule has 0 aliphatic carbocycles. The summed E-state index contributed by atoms with van der Waals surface area (Å²) in [7, 11) is 1.73. The van der Waals surface area contributed by atoms with Crippen molar-refractivity contribution >= 4 is 34.5 Å². The van der Waals surface area contributed by atoms with Gasteiger partial charge in [-0.2, -0.15) is 15.1 Å². The number of amides is 1. The molecule has 1 amide bonds. The number of benzene rings is 1. The zero-order chi connectivity index (χ0) is 15.5. The second-order valence-electron chi connectivity index (χ2n) is 4.53. The highest BCUT2D eigenvalue weighted by atomic mass is 35.5. The molecule has 3 aromatic rings. The third-order valence-corrected chi connectivity index (χ3v) is 3.17. The number of anilines is 1. The van der Waals surface area contributed by atoms with Gasteiger partial charge in [0.25, 0.3) is 0 Å². The van der Waals surface area contributed by atoms with Crippen LogP contribution in [0.1, 0.15) is 5.56 Å². The lowest BCUT2D eigenvalue weighted by Crippen LogP contribution is -2.15. The molecule has 7 nitrogen and oxygen atoms in total. The first-order valence-electron chi connectivity index (χ1n) is 6.46. The summed E-state index contributed by atoms with van der Waals surface area (Å²) in [6, 6.07) is 9.38. The Labute approximate surface area is 130 Å². The Morgan fingerprint density at radius 3 is 2.86 bits per heavy atom. The van der Waals surface area contributed by atoms with Crippen LogP contribution in [-0.4, -0.2) is 25.8 Å². The van der Waals surface area contributed by atoms with Crippen molar-refractivity contribution in [2.24, 2.45) is 7.05 Å². The topological polar surface area (TPSA) is 81.9 Å². The molecule has 2 heterocycles. The number of aromatic nitrogens is 4. The fraction of sp³-hybridized carbons (Fsp3) is 0.143. The molecule has 0 fully saturated rings. The predicted molar refractivity (Wildman–Crippen MR) is 81.6 cm³/mol. The largest absolute Gasteiger partial charge is 0.444 e. The van der Waals surface area contributed by atoms with Crippen molar-refractivity contribution in [1.82, 2.24) is 19.7 Å². The molecule has 0 saturated carbocycles. The number of carbonyl (C=O) groups is 1. The smallest absolute Gasteiger partial charge is 0.413 e. The standard InChI is InChI=1S/C14H12ClN5O2/c1-20-12-10(7-16-20)11(17-13(15)19-12)18-14(21)22-8-9-5-3-2-4-6-9/h2-7H,8H2,1H3,(H,17,18,19,21). The fourth-order valence-corrected chi connectivity index (χ4v) is 2.11. The van der Waals surface area contributed by atoms with Crippen molar-refractivity contribution < 1.29 is 9.53 Å². The van der Waals surface area contributed by atoms with E-state index in [0.29, 0.717) is 11.0 Å². The molecule has 0 radical (unpaired) electrons. The Morgan fingerprint density at radius 2 is 2.09 bits per heavy atom. The number of hydrogen-bond acceptors (Lipinski definition) is 5. The number of nitrogens with zero attached hydrogens (tertiary/aromatic N) is 4. The van der Waals surface area contributed by atoms with Gasteiger partial charge >= 0.3 is 6.09 Å². The third-order valence-electron chi connectivity index (χ3n) is 3.00. The Hall–Kier alpha value is -2.67. The monoisotopic (exact) mass is 317 g/mol. The minimum Gasteiger partial charge on any atom is -0.444 e. The molecule has 8 heteroatoms. The van der Waals surface area contributed by atoms with Gasteiger partial charge in [0.15, 0.2) is 11.5 Å². The number of aryl methyl sites for hydroxylation is 1. The zero-order valence-corrected chi connectivity index (χ0v) is 12.4. The number of halogens is 1. The van der Waals surface area contributed by atoms with Gasteiger partial charge in [-0.3, -0.25) is 10.00 Å². The molecule has 2 aromatic heterocycles. The van der Waals surface area contributed by atoms with Gasteiger partial charge in [0, 0.05) is 7.05 Å². The van der Waals surface area contributed by atoms with E-state index < -0.39 is 6.09 Å². The molecule has 3 rings (SSSR count). The van der Waals surface area contributed by atoms with Gasteiger partial charge in [-0.15, -0.1) is 0 Å². The lowest BCUT2D eigenvalue weighted by Gasteiger charge is -2.07. The van der Waals surface area contributed by atoms with E-state index in [1.807, 2.05) is 30.3 Å². The van der Waals surface area contributed by atoms with Crippen LogP contribution in [0.15, 0.2) is 36.5 Å². The van der Waals surface area contributed by atoms with Crippen molar-refractivity contribution in [3.05, 3.63) is 47.4 Å². The molecule has 0 aliphatic rings. The van der Waals surface area contributed by atoms with Crippen molar-refractivity contribution in [2.45, 2.75) is 6.61 Å². The Balaban J connectivity index is 1.74. The first-order chi connectivity index (χ1) is 10.6. The maximum atomic E-state index is 11.9. The third kappa shape index (κ3) is 2.99. The van der Waals surface area contributed by atoms with Gasteiger partial charge in [0.05, 0.1) is 11.6 Å². The quantitative estimate of drug-likeness (QED) is 0.751. The van der Waals surface area contributed by atoms with E-state index in [4.69, 9.17) is 16.3 Å². The van der Waals surface area contributed by atoms with Crippen molar-refractivity contribution in [1.29, 1.82) is 0 Å². The maximum absolute atomic E-state index is 11.9.